The minimum Gasteiger partial charge on any atom is -0.371 e. The Morgan fingerprint density at radius 1 is 1.20 bits per heavy atom. The molecule has 0 rings (SSSR count). The molecule has 0 amide bonds. The number of hydrogen-bond donors (Lipinski definition) is 2. The fourth-order valence-electron chi connectivity index (χ4n) is 0.764. The van der Waals surface area contributed by atoms with E-state index in [1.54, 1.807) is 11.2 Å². The van der Waals surface area contributed by atoms with Gasteiger partial charge in [0.15, 0.2) is 0 Å². The predicted octanol–water partition coefficient (Wildman–Crippen LogP) is 3.22. The lowest BCUT2D eigenvalue weighted by Crippen LogP contribution is -2.32. The maximum absolute atomic E-state index is 5.64. The van der Waals surface area contributed by atoms with E-state index in [2.05, 4.69) is 5.32 Å². The van der Waals surface area contributed by atoms with Crippen LogP contribution < -0.4 is 11.2 Å². The summed E-state index contributed by atoms with van der Waals surface area (Å²) in [5.74, 6) is 6.56. The number of nitrogens with two attached hydrogens (primary N) is 1. The quantitative estimate of drug-likeness (QED) is 0.559. The van der Waals surface area contributed by atoms with Gasteiger partial charge in [-0.25, -0.2) is 5.84 Å². The average molecular weight is 215 g/mol. The van der Waals surface area contributed by atoms with Gasteiger partial charge in [-0.05, 0) is 26.8 Å². The fraction of sp³-hybridized carbons (Fsp3) is 0.667. The average Bonchev–Trinajstić information content (AvgIpc) is 2.31. The van der Waals surface area contributed by atoms with Crippen LogP contribution in [0.15, 0.2) is 24.2 Å². The van der Waals surface area contributed by atoms with Crippen molar-refractivity contribution in [3.8, 4) is 0 Å². The van der Waals surface area contributed by atoms with Gasteiger partial charge in [-0.2, -0.15) is 0 Å². The Hall–Kier alpha value is -0.960. The molecule has 3 nitrogen and oxygen atoms in total. The first-order chi connectivity index (χ1) is 7.26. The second-order valence-corrected chi connectivity index (χ2v) is 2.09. The van der Waals surface area contributed by atoms with Crippen molar-refractivity contribution < 1.29 is 0 Å². The molecule has 0 unspecified atom stereocenters. The van der Waals surface area contributed by atoms with Crippen molar-refractivity contribution >= 4 is 0 Å². The second kappa shape index (κ2) is 18.8. The van der Waals surface area contributed by atoms with Crippen molar-refractivity contribution in [2.75, 3.05) is 6.54 Å². The fourth-order valence-corrected chi connectivity index (χ4v) is 0.764. The molecular formula is C12H29N3. The molecule has 15 heavy (non-hydrogen) atoms. The molecule has 0 bridgehead atoms. The van der Waals surface area contributed by atoms with Crippen LogP contribution in [0.2, 0.25) is 0 Å². The minimum absolute atomic E-state index is 0.880. The van der Waals surface area contributed by atoms with Gasteiger partial charge in [0, 0.05) is 12.7 Å². The zero-order valence-electron chi connectivity index (χ0n) is 11.5. The highest BCUT2D eigenvalue weighted by atomic mass is 15.4. The molecule has 0 atom stereocenters. The maximum Gasteiger partial charge on any atom is 0.115 e. The summed E-state index contributed by atoms with van der Waals surface area (Å²) in [4.78, 5) is 0. The van der Waals surface area contributed by atoms with Gasteiger partial charge in [0.1, 0.15) is 5.82 Å². The number of nitrogens with one attached hydrogen (secondary N) is 1. The van der Waals surface area contributed by atoms with Crippen LogP contribution in [0.25, 0.3) is 0 Å². The Bertz CT molecular complexity index is 151. The molecule has 0 radical (unpaired) electrons. The summed E-state index contributed by atoms with van der Waals surface area (Å²) in [6.45, 7) is 14.8. The van der Waals surface area contributed by atoms with Crippen LogP contribution in [-0.2, 0) is 0 Å². The van der Waals surface area contributed by atoms with Crippen LogP contribution in [0.5, 0.6) is 0 Å². The third-order valence-corrected chi connectivity index (χ3v) is 1.22. The molecule has 0 aliphatic carbocycles. The molecule has 0 aromatic heterocycles. The molecule has 0 aliphatic rings. The molecular weight excluding hydrogens is 186 g/mol. The summed E-state index contributed by atoms with van der Waals surface area (Å²) >= 11 is 0. The van der Waals surface area contributed by atoms with Crippen molar-refractivity contribution in [1.29, 1.82) is 0 Å². The zero-order valence-corrected chi connectivity index (χ0v) is 11.5. The smallest absolute Gasteiger partial charge is 0.115 e. The van der Waals surface area contributed by atoms with Gasteiger partial charge in [0.05, 0.1) is 0 Å². The van der Waals surface area contributed by atoms with E-state index in [0.29, 0.717) is 0 Å². The summed E-state index contributed by atoms with van der Waals surface area (Å²) in [7, 11) is 0. The third-order valence-electron chi connectivity index (χ3n) is 1.22. The van der Waals surface area contributed by atoms with E-state index in [4.69, 9.17) is 5.84 Å². The van der Waals surface area contributed by atoms with Crippen LogP contribution in [0, 0.1) is 0 Å². The summed E-state index contributed by atoms with van der Waals surface area (Å²) in [5, 5.41) is 4.69. The molecule has 0 fully saturated rings. The van der Waals surface area contributed by atoms with Gasteiger partial charge in [-0.3, -0.25) is 5.01 Å². The second-order valence-electron chi connectivity index (χ2n) is 2.09. The van der Waals surface area contributed by atoms with Crippen molar-refractivity contribution in [3.05, 3.63) is 24.2 Å². The van der Waals surface area contributed by atoms with Gasteiger partial charge < -0.3 is 5.32 Å². The third kappa shape index (κ3) is 13.0. The Morgan fingerprint density at radius 3 is 1.93 bits per heavy atom. The molecule has 0 aromatic carbocycles. The largest absolute Gasteiger partial charge is 0.371 e. The Kier molecular flexibility index (Phi) is 24.5. The highest BCUT2D eigenvalue weighted by Crippen LogP contribution is 1.93. The summed E-state index contributed by atoms with van der Waals surface area (Å²) in [6.07, 6.45) is 5.63. The highest BCUT2D eigenvalue weighted by Gasteiger charge is 1.95. The van der Waals surface area contributed by atoms with E-state index in [-0.39, 0.29) is 0 Å². The van der Waals surface area contributed by atoms with E-state index in [0.717, 1.165) is 12.4 Å². The lowest BCUT2D eigenvalue weighted by molar-refractivity contribution is 0.447. The Morgan fingerprint density at radius 2 is 1.67 bits per heavy atom. The monoisotopic (exact) mass is 215 g/mol. The number of allylic oxidation sites excluding steroid dienone is 2. The van der Waals surface area contributed by atoms with Crippen LogP contribution in [0.3, 0.4) is 0 Å². The molecule has 0 saturated heterocycles. The molecule has 92 valence electrons. The normalized spacial score (nSPS) is 9.73. The van der Waals surface area contributed by atoms with Gasteiger partial charge in [0.25, 0.3) is 0 Å². The maximum atomic E-state index is 5.64. The Labute approximate surface area is 96.0 Å². The van der Waals surface area contributed by atoms with Crippen molar-refractivity contribution in [2.45, 2.75) is 48.5 Å². The van der Waals surface area contributed by atoms with Gasteiger partial charge >= 0.3 is 0 Å². The van der Waals surface area contributed by atoms with E-state index < -0.39 is 0 Å². The first kappa shape index (κ1) is 19.6. The van der Waals surface area contributed by atoms with Gasteiger partial charge in [0.2, 0.25) is 0 Å². The number of hydrazine groups is 1. The van der Waals surface area contributed by atoms with Crippen molar-refractivity contribution in [3.63, 3.8) is 0 Å². The van der Waals surface area contributed by atoms with Crippen molar-refractivity contribution in [2.24, 2.45) is 5.84 Å². The molecule has 0 spiro atoms. The first-order valence-electron chi connectivity index (χ1n) is 5.83. The van der Waals surface area contributed by atoms with E-state index in [9.17, 15) is 0 Å². The van der Waals surface area contributed by atoms with Crippen LogP contribution in [0.4, 0.5) is 0 Å². The summed E-state index contributed by atoms with van der Waals surface area (Å²) in [5.41, 5.74) is 0. The topological polar surface area (TPSA) is 41.3 Å². The minimum atomic E-state index is 0.880. The van der Waals surface area contributed by atoms with Crippen molar-refractivity contribution in [1.82, 2.24) is 10.3 Å². The van der Waals surface area contributed by atoms with Crippen LogP contribution in [-0.4, -0.2) is 11.6 Å². The first-order valence-corrected chi connectivity index (χ1v) is 5.83. The number of rotatable bonds is 4. The van der Waals surface area contributed by atoms with E-state index >= 15 is 0 Å². The Balaban J connectivity index is -0.000000318. The number of hydrogen-bond acceptors (Lipinski definition) is 3. The van der Waals surface area contributed by atoms with Gasteiger partial charge in [-0.15, -0.1) is 0 Å². The van der Waals surface area contributed by atoms with E-state index in [1.807, 2.05) is 60.6 Å². The lowest BCUT2D eigenvalue weighted by atomic mass is 10.5. The predicted molar refractivity (Wildman–Crippen MR) is 71.0 cm³/mol. The SMILES string of the molecule is C/C=C\N(N)/C(=C\C)NCC.CC.CC. The molecule has 3 N–H and O–H groups in total. The standard InChI is InChI=1S/C8H17N3.2C2H6/c1-4-7-11(9)8(5-2)10-6-3;2*1-2/h4-5,7,10H,6,9H2,1-3H3;2*1-2H3/b7-4-,8-5-;;. The molecule has 0 aromatic rings. The summed E-state index contributed by atoms with van der Waals surface area (Å²) < 4.78 is 0. The van der Waals surface area contributed by atoms with E-state index in [1.165, 1.54) is 0 Å². The lowest BCUT2D eigenvalue weighted by Gasteiger charge is -2.17. The van der Waals surface area contributed by atoms with Gasteiger partial charge in [-0.1, -0.05) is 33.8 Å². The molecule has 3 heteroatoms. The molecule has 0 saturated carbocycles. The number of nitrogens with zero attached hydrogens (tertiary/aromatic N) is 1. The molecule has 0 heterocycles. The van der Waals surface area contributed by atoms with Crippen LogP contribution >= 0.6 is 0 Å². The zero-order chi connectivity index (χ0) is 12.7. The highest BCUT2D eigenvalue weighted by molar-refractivity contribution is 4.99. The molecule has 0 aliphatic heterocycles. The summed E-state index contributed by atoms with van der Waals surface area (Å²) in [6, 6.07) is 0. The van der Waals surface area contributed by atoms with Crippen LogP contribution in [0.1, 0.15) is 48.5 Å².